The summed E-state index contributed by atoms with van der Waals surface area (Å²) in [6.45, 7) is 9.32. The molecule has 0 aliphatic rings. The maximum atomic E-state index is 14.3. The molecule has 4 rings (SSSR count). The largest absolute Gasteiger partial charge is 0.444 e. The molecule has 4 aromatic carbocycles. The molecule has 42 heavy (non-hydrogen) atoms. The molecule has 0 fully saturated rings. The van der Waals surface area contributed by atoms with Crippen molar-refractivity contribution in [3.63, 3.8) is 0 Å². The highest BCUT2D eigenvalue weighted by molar-refractivity contribution is 6.00. The molecule has 0 heterocycles. The Bertz CT molecular complexity index is 1540. The Hall–Kier alpha value is -4.65. The zero-order valence-electron chi connectivity index (χ0n) is 24.9. The van der Waals surface area contributed by atoms with E-state index in [1.54, 1.807) is 20.8 Å². The summed E-state index contributed by atoms with van der Waals surface area (Å²) >= 11 is 0. The minimum Gasteiger partial charge on any atom is -0.444 e. The molecule has 2 atom stereocenters. The Morgan fingerprint density at radius 3 is 2.19 bits per heavy atom. The van der Waals surface area contributed by atoms with Gasteiger partial charge >= 0.3 is 6.09 Å². The Balaban J connectivity index is 1.69. The van der Waals surface area contributed by atoms with E-state index in [4.69, 9.17) is 4.74 Å². The van der Waals surface area contributed by atoms with Gasteiger partial charge in [-0.25, -0.2) is 4.79 Å². The van der Waals surface area contributed by atoms with Gasteiger partial charge < -0.3 is 20.3 Å². The quantitative estimate of drug-likeness (QED) is 0.233. The normalized spacial score (nSPS) is 12.7. The zero-order valence-corrected chi connectivity index (χ0v) is 24.9. The SMILES string of the molecule is CCN(C(=O)C(Cc1ccccc1)NC(=O)OC(C)(C)C)C(C(=O)Nc1ccc2ccccc2c1)c1cccc(C)c1. The Labute approximate surface area is 247 Å². The molecule has 2 unspecified atom stereocenters. The van der Waals surface area contributed by atoms with Crippen LogP contribution in [0, 0.1) is 6.92 Å². The first kappa shape index (κ1) is 30.3. The number of aryl methyl sites for hydroxylation is 1. The summed E-state index contributed by atoms with van der Waals surface area (Å²) in [7, 11) is 0. The van der Waals surface area contributed by atoms with Crippen LogP contribution in [0.2, 0.25) is 0 Å². The molecule has 0 aliphatic heterocycles. The van der Waals surface area contributed by atoms with E-state index >= 15 is 0 Å². The maximum Gasteiger partial charge on any atom is 0.408 e. The summed E-state index contributed by atoms with van der Waals surface area (Å²) in [6.07, 6.45) is -0.456. The first-order valence-electron chi connectivity index (χ1n) is 14.2. The molecule has 2 N–H and O–H groups in total. The van der Waals surface area contributed by atoms with Gasteiger partial charge in [-0.05, 0) is 68.7 Å². The molecule has 0 aromatic heterocycles. The highest BCUT2D eigenvalue weighted by atomic mass is 16.6. The Kier molecular flexibility index (Phi) is 9.63. The van der Waals surface area contributed by atoms with Gasteiger partial charge in [-0.1, -0.05) is 90.5 Å². The number of ether oxygens (including phenoxy) is 1. The van der Waals surface area contributed by atoms with Crippen LogP contribution in [0.3, 0.4) is 0 Å². The molecule has 0 saturated heterocycles. The molecule has 0 aliphatic carbocycles. The number of anilines is 1. The minimum atomic E-state index is -0.956. The minimum absolute atomic E-state index is 0.238. The first-order chi connectivity index (χ1) is 20.0. The molecule has 4 aromatic rings. The van der Waals surface area contributed by atoms with Gasteiger partial charge in [0.1, 0.15) is 17.7 Å². The van der Waals surface area contributed by atoms with Gasteiger partial charge in [0.05, 0.1) is 0 Å². The number of carbonyl (C=O) groups is 3. The van der Waals surface area contributed by atoms with Gasteiger partial charge in [0, 0.05) is 18.7 Å². The van der Waals surface area contributed by atoms with E-state index in [-0.39, 0.29) is 24.8 Å². The fourth-order valence-corrected chi connectivity index (χ4v) is 4.96. The lowest BCUT2D eigenvalue weighted by Gasteiger charge is -2.34. The third kappa shape index (κ3) is 7.97. The highest BCUT2D eigenvalue weighted by Gasteiger charge is 2.35. The number of hydrogen-bond acceptors (Lipinski definition) is 4. The van der Waals surface area contributed by atoms with E-state index < -0.39 is 23.8 Å². The highest BCUT2D eigenvalue weighted by Crippen LogP contribution is 2.27. The van der Waals surface area contributed by atoms with Crippen molar-refractivity contribution in [2.75, 3.05) is 11.9 Å². The number of likely N-dealkylation sites (N-methyl/N-ethyl adjacent to an activating group) is 1. The van der Waals surface area contributed by atoms with E-state index in [9.17, 15) is 14.4 Å². The van der Waals surface area contributed by atoms with Crippen molar-refractivity contribution in [3.8, 4) is 0 Å². The van der Waals surface area contributed by atoms with Crippen LogP contribution in [0.4, 0.5) is 10.5 Å². The van der Waals surface area contributed by atoms with Crippen molar-refractivity contribution >= 4 is 34.4 Å². The average molecular weight is 566 g/mol. The van der Waals surface area contributed by atoms with Gasteiger partial charge in [0.15, 0.2) is 0 Å². The van der Waals surface area contributed by atoms with Crippen LogP contribution < -0.4 is 10.6 Å². The van der Waals surface area contributed by atoms with Gasteiger partial charge in [-0.15, -0.1) is 0 Å². The lowest BCUT2D eigenvalue weighted by Crippen LogP contribution is -2.53. The standard InChI is InChI=1S/C35H39N3O4/c1-6-38(33(40)30(22-25-14-8-7-9-15-25)37-34(41)42-35(3,4)5)31(28-18-12-13-24(2)21-28)32(39)36-29-20-19-26-16-10-11-17-27(26)23-29/h7-21,23,30-31H,6,22H2,1-5H3,(H,36,39)(H,37,41). The van der Waals surface area contributed by atoms with Gasteiger partial charge in [0.25, 0.3) is 5.91 Å². The van der Waals surface area contributed by atoms with Crippen molar-refractivity contribution in [1.29, 1.82) is 0 Å². The Morgan fingerprint density at radius 1 is 0.833 bits per heavy atom. The summed E-state index contributed by atoms with van der Waals surface area (Å²) in [5.74, 6) is -0.728. The van der Waals surface area contributed by atoms with Crippen molar-refractivity contribution in [2.45, 2.75) is 58.7 Å². The summed E-state index contributed by atoms with van der Waals surface area (Å²) in [4.78, 5) is 42.7. The average Bonchev–Trinajstić information content (AvgIpc) is 2.94. The van der Waals surface area contributed by atoms with Crippen molar-refractivity contribution in [2.24, 2.45) is 0 Å². The van der Waals surface area contributed by atoms with Crippen molar-refractivity contribution in [3.05, 3.63) is 114 Å². The third-order valence-corrected chi connectivity index (χ3v) is 6.83. The van der Waals surface area contributed by atoms with Crippen LogP contribution in [-0.2, 0) is 20.7 Å². The van der Waals surface area contributed by atoms with E-state index in [1.807, 2.05) is 111 Å². The number of nitrogens with zero attached hydrogens (tertiary/aromatic N) is 1. The predicted molar refractivity (Wildman–Crippen MR) is 167 cm³/mol. The van der Waals surface area contributed by atoms with Crippen molar-refractivity contribution in [1.82, 2.24) is 10.2 Å². The number of carbonyl (C=O) groups excluding carboxylic acids is 3. The number of rotatable bonds is 9. The smallest absolute Gasteiger partial charge is 0.408 e. The lowest BCUT2D eigenvalue weighted by atomic mass is 9.99. The molecule has 218 valence electrons. The summed E-state index contributed by atoms with van der Waals surface area (Å²) in [5.41, 5.74) is 2.41. The lowest BCUT2D eigenvalue weighted by molar-refractivity contribution is -0.140. The number of nitrogens with one attached hydrogen (secondary N) is 2. The monoisotopic (exact) mass is 565 g/mol. The number of fused-ring (bicyclic) bond motifs is 1. The Morgan fingerprint density at radius 2 is 1.52 bits per heavy atom. The number of alkyl carbamates (subject to hydrolysis) is 1. The van der Waals surface area contributed by atoms with Crippen LogP contribution in [0.1, 0.15) is 50.4 Å². The summed E-state index contributed by atoms with van der Waals surface area (Å²) in [6, 6.07) is 28.8. The van der Waals surface area contributed by atoms with Gasteiger partial charge in [0.2, 0.25) is 5.91 Å². The molecule has 0 spiro atoms. The van der Waals surface area contributed by atoms with E-state index in [2.05, 4.69) is 10.6 Å². The van der Waals surface area contributed by atoms with E-state index in [0.29, 0.717) is 11.3 Å². The molecule has 7 nitrogen and oxygen atoms in total. The summed E-state index contributed by atoms with van der Waals surface area (Å²) in [5, 5.41) is 7.88. The summed E-state index contributed by atoms with van der Waals surface area (Å²) < 4.78 is 5.49. The predicted octanol–water partition coefficient (Wildman–Crippen LogP) is 6.81. The number of hydrogen-bond donors (Lipinski definition) is 2. The number of benzene rings is 4. The molecular formula is C35H39N3O4. The first-order valence-corrected chi connectivity index (χ1v) is 14.2. The molecule has 0 radical (unpaired) electrons. The van der Waals surface area contributed by atoms with Crippen LogP contribution in [-0.4, -0.2) is 41.0 Å². The fourth-order valence-electron chi connectivity index (χ4n) is 4.96. The second-order valence-corrected chi connectivity index (χ2v) is 11.4. The second-order valence-electron chi connectivity index (χ2n) is 11.4. The zero-order chi connectivity index (χ0) is 30.3. The van der Waals surface area contributed by atoms with E-state index in [0.717, 1.165) is 21.9 Å². The molecule has 3 amide bonds. The third-order valence-electron chi connectivity index (χ3n) is 6.83. The van der Waals surface area contributed by atoms with Crippen LogP contribution in [0.5, 0.6) is 0 Å². The van der Waals surface area contributed by atoms with Gasteiger partial charge in [-0.2, -0.15) is 0 Å². The molecule has 7 heteroatoms. The molecule has 0 saturated carbocycles. The van der Waals surface area contributed by atoms with Crippen molar-refractivity contribution < 1.29 is 19.1 Å². The van der Waals surface area contributed by atoms with Crippen LogP contribution in [0.15, 0.2) is 97.1 Å². The maximum absolute atomic E-state index is 14.3. The van der Waals surface area contributed by atoms with Crippen LogP contribution in [0.25, 0.3) is 10.8 Å². The number of amides is 3. The molecule has 0 bridgehead atoms. The topological polar surface area (TPSA) is 87.7 Å². The second kappa shape index (κ2) is 13.3. The van der Waals surface area contributed by atoms with E-state index in [1.165, 1.54) is 4.90 Å². The fraction of sp³-hybridized carbons (Fsp3) is 0.286. The van der Waals surface area contributed by atoms with Crippen LogP contribution >= 0.6 is 0 Å². The van der Waals surface area contributed by atoms with Gasteiger partial charge in [-0.3, -0.25) is 9.59 Å². The molecular weight excluding hydrogens is 526 g/mol.